The molecule has 2 atom stereocenters. The number of ether oxygens (including phenoxy) is 1. The molecule has 1 heterocycles. The van der Waals surface area contributed by atoms with Crippen LogP contribution < -0.4 is 15.8 Å². The molecule has 4 N–H and O–H groups in total. The highest BCUT2D eigenvalue weighted by atomic mass is 16.5. The van der Waals surface area contributed by atoms with Gasteiger partial charge in [-0.15, -0.1) is 0 Å². The number of hydrogen-bond donors (Lipinski definition) is 3. The zero-order valence-electron chi connectivity index (χ0n) is 15.9. The number of para-hydroxylation sites is 1. The predicted molar refractivity (Wildman–Crippen MR) is 109 cm³/mol. The Hall–Kier alpha value is -2.79. The molecule has 0 radical (unpaired) electrons. The van der Waals surface area contributed by atoms with Gasteiger partial charge in [-0.2, -0.15) is 0 Å². The van der Waals surface area contributed by atoms with Gasteiger partial charge in [-0.25, -0.2) is 0 Å². The Morgan fingerprint density at radius 3 is 2.63 bits per heavy atom. The van der Waals surface area contributed by atoms with Crippen molar-refractivity contribution in [1.29, 1.82) is 0 Å². The van der Waals surface area contributed by atoms with E-state index in [2.05, 4.69) is 34.6 Å². The third-order valence-corrected chi connectivity index (χ3v) is 4.84. The molecule has 2 aromatic carbocycles. The summed E-state index contributed by atoms with van der Waals surface area (Å²) in [4.78, 5) is 15.6. The number of fused-ring (bicyclic) bond motifs is 1. The van der Waals surface area contributed by atoms with Crippen LogP contribution in [0.15, 0.2) is 54.7 Å². The van der Waals surface area contributed by atoms with Crippen molar-refractivity contribution >= 4 is 16.8 Å². The van der Waals surface area contributed by atoms with Gasteiger partial charge in [-0.1, -0.05) is 30.3 Å². The zero-order chi connectivity index (χ0) is 19.2. The first-order valence-corrected chi connectivity index (χ1v) is 9.30. The van der Waals surface area contributed by atoms with Crippen LogP contribution in [-0.2, 0) is 4.79 Å². The van der Waals surface area contributed by atoms with Crippen molar-refractivity contribution in [2.45, 2.75) is 31.7 Å². The Morgan fingerprint density at radius 1 is 1.19 bits per heavy atom. The molecule has 3 rings (SSSR count). The quantitative estimate of drug-likeness (QED) is 0.571. The Bertz CT molecular complexity index is 884. The van der Waals surface area contributed by atoms with Crippen LogP contribution in [0.3, 0.4) is 0 Å². The minimum absolute atomic E-state index is 0.0294. The lowest BCUT2D eigenvalue weighted by molar-refractivity contribution is -0.121. The molecular weight excluding hydrogens is 338 g/mol. The number of carbonyl (C=O) groups excluding carboxylic acids is 1. The van der Waals surface area contributed by atoms with Crippen LogP contribution in [0.2, 0.25) is 0 Å². The van der Waals surface area contributed by atoms with Crippen molar-refractivity contribution < 1.29 is 9.53 Å². The number of nitrogens with two attached hydrogens (primary N) is 1. The van der Waals surface area contributed by atoms with E-state index in [-0.39, 0.29) is 17.9 Å². The maximum atomic E-state index is 12.2. The second-order valence-electron chi connectivity index (χ2n) is 6.94. The second kappa shape index (κ2) is 8.73. The summed E-state index contributed by atoms with van der Waals surface area (Å²) < 4.78 is 5.27. The summed E-state index contributed by atoms with van der Waals surface area (Å²) >= 11 is 0. The van der Waals surface area contributed by atoms with Crippen LogP contribution in [0.25, 0.3) is 10.9 Å². The first kappa shape index (κ1) is 19.0. The van der Waals surface area contributed by atoms with Crippen molar-refractivity contribution in [3.05, 3.63) is 65.9 Å². The number of nitrogens with one attached hydrogen (secondary N) is 2. The predicted octanol–water partition coefficient (Wildman–Crippen LogP) is 3.55. The van der Waals surface area contributed by atoms with E-state index in [0.717, 1.165) is 16.8 Å². The van der Waals surface area contributed by atoms with E-state index in [1.807, 2.05) is 37.4 Å². The van der Waals surface area contributed by atoms with Gasteiger partial charge >= 0.3 is 0 Å². The van der Waals surface area contributed by atoms with Crippen molar-refractivity contribution in [2.24, 2.45) is 5.73 Å². The van der Waals surface area contributed by atoms with Crippen LogP contribution in [-0.4, -0.2) is 30.6 Å². The minimum Gasteiger partial charge on any atom is -0.497 e. The van der Waals surface area contributed by atoms with Crippen molar-refractivity contribution in [2.75, 3.05) is 13.7 Å². The highest BCUT2D eigenvalue weighted by Gasteiger charge is 2.19. The molecule has 142 valence electrons. The molecule has 27 heavy (non-hydrogen) atoms. The fraction of sp³-hybridized carbons (Fsp3) is 0.318. The molecule has 1 amide bonds. The number of methoxy groups -OCH3 is 1. The van der Waals surface area contributed by atoms with Crippen LogP contribution in [0.1, 0.15) is 36.8 Å². The lowest BCUT2D eigenvalue weighted by Gasteiger charge is -2.19. The average Bonchev–Trinajstić information content (AvgIpc) is 3.11. The van der Waals surface area contributed by atoms with Gasteiger partial charge < -0.3 is 20.8 Å². The molecule has 0 aliphatic carbocycles. The SMILES string of the molecule is COc1ccc(C(CNC(=O)CCC(C)N)c2c[nH]c3ccccc23)cc1. The molecule has 0 bridgehead atoms. The molecule has 0 saturated carbocycles. The van der Waals surface area contributed by atoms with Gasteiger partial charge in [0.2, 0.25) is 5.91 Å². The molecular formula is C22H27N3O2. The summed E-state index contributed by atoms with van der Waals surface area (Å²) in [6.07, 6.45) is 3.17. The summed E-state index contributed by atoms with van der Waals surface area (Å²) in [6, 6.07) is 16.3. The van der Waals surface area contributed by atoms with Crippen LogP contribution in [0, 0.1) is 0 Å². The maximum absolute atomic E-state index is 12.2. The molecule has 0 aliphatic heterocycles. The molecule has 2 unspecified atom stereocenters. The largest absolute Gasteiger partial charge is 0.497 e. The Labute approximate surface area is 159 Å². The number of amides is 1. The lowest BCUT2D eigenvalue weighted by atomic mass is 9.90. The van der Waals surface area contributed by atoms with Gasteiger partial charge in [0.1, 0.15) is 5.75 Å². The highest BCUT2D eigenvalue weighted by molar-refractivity contribution is 5.84. The molecule has 1 aromatic heterocycles. The van der Waals surface area contributed by atoms with Crippen LogP contribution in [0.4, 0.5) is 0 Å². The van der Waals surface area contributed by atoms with Gasteiger partial charge in [0.15, 0.2) is 0 Å². The number of H-pyrrole nitrogens is 1. The number of carbonyl (C=O) groups is 1. The fourth-order valence-corrected chi connectivity index (χ4v) is 3.29. The first-order chi connectivity index (χ1) is 13.1. The van der Waals surface area contributed by atoms with E-state index in [4.69, 9.17) is 10.5 Å². The normalized spacial score (nSPS) is 13.3. The van der Waals surface area contributed by atoms with E-state index in [0.29, 0.717) is 19.4 Å². The summed E-state index contributed by atoms with van der Waals surface area (Å²) in [5, 5.41) is 4.25. The molecule has 0 saturated heterocycles. The summed E-state index contributed by atoms with van der Waals surface area (Å²) in [5.41, 5.74) is 9.15. The summed E-state index contributed by atoms with van der Waals surface area (Å²) in [6.45, 7) is 2.45. The maximum Gasteiger partial charge on any atom is 0.220 e. The van der Waals surface area contributed by atoms with Gasteiger partial charge in [0.25, 0.3) is 0 Å². The Morgan fingerprint density at radius 2 is 1.93 bits per heavy atom. The monoisotopic (exact) mass is 365 g/mol. The third-order valence-electron chi connectivity index (χ3n) is 4.84. The lowest BCUT2D eigenvalue weighted by Crippen LogP contribution is -2.30. The van der Waals surface area contributed by atoms with E-state index in [1.165, 1.54) is 10.9 Å². The number of benzene rings is 2. The van der Waals surface area contributed by atoms with E-state index >= 15 is 0 Å². The zero-order valence-corrected chi connectivity index (χ0v) is 15.9. The molecule has 5 nitrogen and oxygen atoms in total. The highest BCUT2D eigenvalue weighted by Crippen LogP contribution is 2.31. The van der Waals surface area contributed by atoms with Crippen molar-refractivity contribution in [3.8, 4) is 5.75 Å². The average molecular weight is 365 g/mol. The Kier molecular flexibility index (Phi) is 6.14. The number of aromatic amines is 1. The van der Waals surface area contributed by atoms with Crippen molar-refractivity contribution in [1.82, 2.24) is 10.3 Å². The standard InChI is InChI=1S/C22H27N3O2/c1-15(23)7-12-22(26)25-13-19(16-8-10-17(27-2)11-9-16)20-14-24-21-6-4-3-5-18(20)21/h3-6,8-11,14-15,19,24H,7,12-13,23H2,1-2H3,(H,25,26). The van der Waals surface area contributed by atoms with Crippen molar-refractivity contribution in [3.63, 3.8) is 0 Å². The number of rotatable bonds is 8. The van der Waals surface area contributed by atoms with Crippen LogP contribution >= 0.6 is 0 Å². The van der Waals surface area contributed by atoms with Gasteiger partial charge in [-0.3, -0.25) is 4.79 Å². The molecule has 0 spiro atoms. The second-order valence-corrected chi connectivity index (χ2v) is 6.94. The van der Waals surface area contributed by atoms with Crippen LogP contribution in [0.5, 0.6) is 5.75 Å². The van der Waals surface area contributed by atoms with E-state index in [1.54, 1.807) is 7.11 Å². The number of hydrogen-bond acceptors (Lipinski definition) is 3. The topological polar surface area (TPSA) is 80.1 Å². The van der Waals surface area contributed by atoms with E-state index < -0.39 is 0 Å². The summed E-state index contributed by atoms with van der Waals surface area (Å²) in [5.74, 6) is 0.898. The molecule has 3 aromatic rings. The third kappa shape index (κ3) is 4.68. The minimum atomic E-state index is 0.0294. The summed E-state index contributed by atoms with van der Waals surface area (Å²) in [7, 11) is 1.66. The Balaban J connectivity index is 1.85. The number of aromatic nitrogens is 1. The van der Waals surface area contributed by atoms with Gasteiger partial charge in [0, 0.05) is 42.0 Å². The fourth-order valence-electron chi connectivity index (χ4n) is 3.29. The van der Waals surface area contributed by atoms with Gasteiger partial charge in [0.05, 0.1) is 7.11 Å². The molecule has 0 fully saturated rings. The smallest absolute Gasteiger partial charge is 0.220 e. The van der Waals surface area contributed by atoms with E-state index in [9.17, 15) is 4.79 Å². The molecule has 5 heteroatoms. The molecule has 0 aliphatic rings. The van der Waals surface area contributed by atoms with Gasteiger partial charge in [-0.05, 0) is 42.7 Å². The first-order valence-electron chi connectivity index (χ1n) is 9.30.